The van der Waals surface area contributed by atoms with Crippen LogP contribution in [0.5, 0.6) is 0 Å². The third-order valence-electron chi connectivity index (χ3n) is 6.53. The third kappa shape index (κ3) is 1.71. The van der Waals surface area contributed by atoms with Gasteiger partial charge in [0.2, 0.25) is 0 Å². The second kappa shape index (κ2) is 4.67. The molecule has 2 aliphatic carbocycles. The quantitative estimate of drug-likeness (QED) is 0.790. The van der Waals surface area contributed by atoms with Gasteiger partial charge in [-0.3, -0.25) is 0 Å². The van der Waals surface area contributed by atoms with Crippen LogP contribution in [-0.4, -0.2) is 34.0 Å². The van der Waals surface area contributed by atoms with Crippen molar-refractivity contribution in [3.8, 4) is 0 Å². The summed E-state index contributed by atoms with van der Waals surface area (Å²) in [7, 11) is 0. The monoisotopic (exact) mass is 296 g/mol. The van der Waals surface area contributed by atoms with Crippen molar-refractivity contribution in [2.75, 3.05) is 0 Å². The molecule has 0 radical (unpaired) electrons. The molecule has 2 N–H and O–H groups in total. The van der Waals surface area contributed by atoms with Crippen LogP contribution in [0.25, 0.3) is 0 Å². The summed E-state index contributed by atoms with van der Waals surface area (Å²) < 4.78 is 12.5. The van der Waals surface area contributed by atoms with Gasteiger partial charge in [0.15, 0.2) is 11.6 Å². The Morgan fingerprint density at radius 2 is 1.76 bits per heavy atom. The lowest BCUT2D eigenvalue weighted by Crippen LogP contribution is -2.48. The topological polar surface area (TPSA) is 58.9 Å². The lowest BCUT2D eigenvalue weighted by Gasteiger charge is -2.38. The molecule has 2 bridgehead atoms. The van der Waals surface area contributed by atoms with Crippen molar-refractivity contribution in [3.05, 3.63) is 0 Å². The zero-order chi connectivity index (χ0) is 14.8. The van der Waals surface area contributed by atoms with Crippen LogP contribution < -0.4 is 0 Å². The van der Waals surface area contributed by atoms with Crippen molar-refractivity contribution in [2.45, 2.75) is 82.6 Å². The molecule has 0 aromatic heterocycles. The molecule has 2 saturated heterocycles. The van der Waals surface area contributed by atoms with E-state index in [4.69, 9.17) is 9.47 Å². The molecule has 4 nitrogen and oxygen atoms in total. The first-order valence-electron chi connectivity index (χ1n) is 8.85. The van der Waals surface area contributed by atoms with Crippen LogP contribution in [0.15, 0.2) is 0 Å². The molecule has 8 atom stereocenters. The maximum Gasteiger partial charge on any atom is 0.175 e. The fourth-order valence-corrected chi connectivity index (χ4v) is 5.82. The van der Waals surface area contributed by atoms with Gasteiger partial charge < -0.3 is 19.7 Å². The lowest BCUT2D eigenvalue weighted by molar-refractivity contribution is -0.334. The van der Waals surface area contributed by atoms with Crippen LogP contribution in [0.4, 0.5) is 0 Å². The number of rotatable bonds is 6. The van der Waals surface area contributed by atoms with E-state index in [1.807, 2.05) is 0 Å². The van der Waals surface area contributed by atoms with E-state index in [9.17, 15) is 10.2 Å². The first-order chi connectivity index (χ1) is 10.1. The average Bonchev–Trinajstić information content (AvgIpc) is 3.11. The Hall–Kier alpha value is -0.160. The zero-order valence-corrected chi connectivity index (χ0v) is 13.1. The summed E-state index contributed by atoms with van der Waals surface area (Å²) in [5.41, 5.74) is 0. The van der Waals surface area contributed by atoms with E-state index >= 15 is 0 Å². The Balaban J connectivity index is 1.68. The smallest absolute Gasteiger partial charge is 0.175 e. The molecule has 6 unspecified atom stereocenters. The molecular weight excluding hydrogens is 268 g/mol. The third-order valence-corrected chi connectivity index (χ3v) is 6.53. The maximum absolute atomic E-state index is 11.2. The van der Waals surface area contributed by atoms with Gasteiger partial charge >= 0.3 is 0 Å². The minimum atomic E-state index is -1.08. The normalized spacial score (nSPS) is 56.6. The number of aliphatic hydroxyl groups excluding tert-OH is 1. The standard InChI is InChI=1S/C17H28O4/c1-3-5-7-16(19)12-10-9-11-13(12)17(21-16,8-6-4-2)20-15(11)14(10)18/h10-15,18-19H,3-9H2,1-2H3/t10?,11?,12?,13?,14-,15?,16+,17?/m0/s1. The molecule has 0 aromatic carbocycles. The highest BCUT2D eigenvalue weighted by Gasteiger charge is 2.79. The summed E-state index contributed by atoms with van der Waals surface area (Å²) >= 11 is 0. The van der Waals surface area contributed by atoms with Gasteiger partial charge in [-0.25, -0.2) is 0 Å². The second-order valence-corrected chi connectivity index (χ2v) is 7.65. The Morgan fingerprint density at radius 3 is 2.48 bits per heavy atom. The fourth-order valence-electron chi connectivity index (χ4n) is 5.82. The van der Waals surface area contributed by atoms with Gasteiger partial charge in [0.25, 0.3) is 0 Å². The minimum Gasteiger partial charge on any atom is -0.390 e. The SMILES string of the molecule is CCCCC12OC3C4CC(C(C41)[C@@](O)(CCCC)O2)[C@@H]3O. The van der Waals surface area contributed by atoms with Gasteiger partial charge in [-0.05, 0) is 31.1 Å². The van der Waals surface area contributed by atoms with Crippen molar-refractivity contribution in [3.63, 3.8) is 0 Å². The van der Waals surface area contributed by atoms with Crippen molar-refractivity contribution in [1.82, 2.24) is 0 Å². The van der Waals surface area contributed by atoms with Crippen LogP contribution in [0.2, 0.25) is 0 Å². The molecule has 2 aliphatic heterocycles. The summed E-state index contributed by atoms with van der Waals surface area (Å²) in [6.07, 6.45) is 6.22. The van der Waals surface area contributed by atoms with Crippen LogP contribution in [-0.2, 0) is 9.47 Å². The number of aliphatic hydroxyl groups is 2. The molecule has 4 aliphatic rings. The highest BCUT2D eigenvalue weighted by Crippen LogP contribution is 2.71. The van der Waals surface area contributed by atoms with Crippen LogP contribution >= 0.6 is 0 Å². The predicted octanol–water partition coefficient (Wildman–Crippen LogP) is 2.42. The maximum atomic E-state index is 11.2. The van der Waals surface area contributed by atoms with Gasteiger partial charge in [-0.1, -0.05) is 26.7 Å². The highest BCUT2D eigenvalue weighted by atomic mass is 16.8. The molecule has 4 rings (SSSR count). The summed E-state index contributed by atoms with van der Waals surface area (Å²) in [6, 6.07) is 0. The molecule has 4 fully saturated rings. The van der Waals surface area contributed by atoms with Gasteiger partial charge in [0.1, 0.15) is 0 Å². The lowest BCUT2D eigenvalue weighted by atomic mass is 9.72. The molecule has 0 aromatic rings. The van der Waals surface area contributed by atoms with Crippen LogP contribution in [0, 0.1) is 23.7 Å². The number of ether oxygens (including phenoxy) is 2. The van der Waals surface area contributed by atoms with E-state index in [1.54, 1.807) is 0 Å². The zero-order valence-electron chi connectivity index (χ0n) is 13.1. The van der Waals surface area contributed by atoms with Crippen molar-refractivity contribution in [1.29, 1.82) is 0 Å². The summed E-state index contributed by atoms with van der Waals surface area (Å²) in [5.74, 6) is -0.783. The molecule has 21 heavy (non-hydrogen) atoms. The number of hydrogen-bond donors (Lipinski definition) is 2. The number of unbranched alkanes of at least 4 members (excludes halogenated alkanes) is 2. The van der Waals surface area contributed by atoms with E-state index in [0.717, 1.165) is 38.5 Å². The Morgan fingerprint density at radius 1 is 1.05 bits per heavy atom. The predicted molar refractivity (Wildman–Crippen MR) is 77.3 cm³/mol. The molecule has 0 spiro atoms. The second-order valence-electron chi connectivity index (χ2n) is 7.65. The van der Waals surface area contributed by atoms with Crippen molar-refractivity contribution >= 4 is 0 Å². The van der Waals surface area contributed by atoms with Gasteiger partial charge in [0.05, 0.1) is 12.2 Å². The largest absolute Gasteiger partial charge is 0.390 e. The Bertz CT molecular complexity index is 427. The van der Waals surface area contributed by atoms with E-state index in [1.165, 1.54) is 0 Å². The highest BCUT2D eigenvalue weighted by molar-refractivity contribution is 5.20. The van der Waals surface area contributed by atoms with Gasteiger partial charge in [-0.2, -0.15) is 0 Å². The molecule has 2 heterocycles. The van der Waals surface area contributed by atoms with Crippen molar-refractivity contribution < 1.29 is 19.7 Å². The first-order valence-corrected chi connectivity index (χ1v) is 8.85. The molecule has 2 saturated carbocycles. The Labute approximate surface area is 126 Å². The van der Waals surface area contributed by atoms with Crippen LogP contribution in [0.3, 0.4) is 0 Å². The number of fused-ring (bicyclic) bond motifs is 2. The molecule has 4 heteroatoms. The summed E-state index contributed by atoms with van der Waals surface area (Å²) in [6.45, 7) is 4.30. The van der Waals surface area contributed by atoms with E-state index in [0.29, 0.717) is 18.3 Å². The fraction of sp³-hybridized carbons (Fsp3) is 1.00. The molecular formula is C17H28O4. The van der Waals surface area contributed by atoms with Crippen LogP contribution in [0.1, 0.15) is 58.8 Å². The minimum absolute atomic E-state index is 0.0520. The first kappa shape index (κ1) is 14.4. The van der Waals surface area contributed by atoms with E-state index in [-0.39, 0.29) is 17.9 Å². The van der Waals surface area contributed by atoms with E-state index in [2.05, 4.69) is 13.8 Å². The van der Waals surface area contributed by atoms with Gasteiger partial charge in [0, 0.05) is 24.7 Å². The molecule has 0 amide bonds. The summed E-state index contributed by atoms with van der Waals surface area (Å²) in [5, 5.41) is 21.7. The molecule has 120 valence electrons. The average molecular weight is 296 g/mol. The summed E-state index contributed by atoms with van der Waals surface area (Å²) in [4.78, 5) is 0. The number of hydrogen-bond acceptors (Lipinski definition) is 4. The van der Waals surface area contributed by atoms with Crippen molar-refractivity contribution in [2.24, 2.45) is 23.7 Å². The Kier molecular flexibility index (Phi) is 3.21. The van der Waals surface area contributed by atoms with Gasteiger partial charge in [-0.15, -0.1) is 0 Å². The van der Waals surface area contributed by atoms with E-state index < -0.39 is 17.7 Å².